The van der Waals surface area contributed by atoms with Crippen LogP contribution < -0.4 is 20.7 Å². The van der Waals surface area contributed by atoms with E-state index in [2.05, 4.69) is 43.9 Å². The predicted octanol–water partition coefficient (Wildman–Crippen LogP) is 2.68. The first-order valence-corrected chi connectivity index (χ1v) is 12.6. The van der Waals surface area contributed by atoms with Gasteiger partial charge in [-0.1, -0.05) is 25.4 Å². The Kier molecular flexibility index (Phi) is 7.58. The molecule has 1 amide bonds. The fraction of sp³-hybridized carbons (Fsp3) is 0.526. The fourth-order valence-corrected chi connectivity index (χ4v) is 5.69. The number of amides is 1. The highest BCUT2D eigenvalue weighted by Gasteiger charge is 2.30. The lowest BCUT2D eigenvalue weighted by molar-refractivity contribution is -0.121. The number of sulfonamides is 1. The molecule has 2 aromatic rings. The molecule has 0 bridgehead atoms. The summed E-state index contributed by atoms with van der Waals surface area (Å²) in [5, 5.41) is 9.34. The van der Waals surface area contributed by atoms with Crippen LogP contribution in [0.3, 0.4) is 0 Å². The minimum absolute atomic E-state index is 0.0241. The van der Waals surface area contributed by atoms with E-state index in [9.17, 15) is 17.6 Å². The zero-order valence-corrected chi connectivity index (χ0v) is 20.3. The molecule has 3 rings (SSSR count). The molecule has 0 radical (unpaired) electrons. The van der Waals surface area contributed by atoms with Crippen molar-refractivity contribution in [2.24, 2.45) is 11.3 Å². The highest BCUT2D eigenvalue weighted by Crippen LogP contribution is 2.31. The molecule has 2 atom stereocenters. The van der Waals surface area contributed by atoms with Gasteiger partial charge in [0.05, 0.1) is 17.3 Å². The topological polar surface area (TPSA) is 125 Å². The third-order valence-corrected chi connectivity index (χ3v) is 7.62. The number of rotatable bonds is 6. The molecule has 176 valence electrons. The Morgan fingerprint density at radius 2 is 2.12 bits per heavy atom. The van der Waals surface area contributed by atoms with Gasteiger partial charge in [0, 0.05) is 30.7 Å². The van der Waals surface area contributed by atoms with Gasteiger partial charge in [-0.05, 0) is 36.8 Å². The van der Waals surface area contributed by atoms with Gasteiger partial charge in [0.2, 0.25) is 11.0 Å². The molecule has 1 saturated heterocycles. The van der Waals surface area contributed by atoms with Gasteiger partial charge >= 0.3 is 0 Å². The number of nitrogens with zero attached hydrogens (tertiary/aromatic N) is 2. The van der Waals surface area contributed by atoms with Crippen LogP contribution in [0.4, 0.5) is 15.2 Å². The minimum atomic E-state index is -4.22. The summed E-state index contributed by atoms with van der Waals surface area (Å²) in [6.07, 6.45) is 1.99. The highest BCUT2D eigenvalue weighted by atomic mass is 35.5. The Labute approximate surface area is 195 Å². The number of aromatic nitrogens is 2. The first kappa shape index (κ1) is 24.6. The summed E-state index contributed by atoms with van der Waals surface area (Å²) < 4.78 is 45.6. The van der Waals surface area contributed by atoms with E-state index in [1.807, 2.05) is 6.92 Å². The molecule has 1 fully saturated rings. The van der Waals surface area contributed by atoms with Crippen molar-refractivity contribution in [3.8, 4) is 0 Å². The van der Waals surface area contributed by atoms with Crippen LogP contribution in [0.5, 0.6) is 0 Å². The number of carbonyl (C=O) groups is 1. The molecule has 1 aromatic heterocycles. The molecule has 13 heteroatoms. The Morgan fingerprint density at radius 3 is 2.81 bits per heavy atom. The average Bonchev–Trinajstić information content (AvgIpc) is 3.19. The van der Waals surface area contributed by atoms with Crippen LogP contribution in [0.1, 0.15) is 27.2 Å². The van der Waals surface area contributed by atoms with Gasteiger partial charge in [-0.2, -0.15) is 4.37 Å². The third kappa shape index (κ3) is 6.27. The highest BCUT2D eigenvalue weighted by molar-refractivity contribution is 7.93. The van der Waals surface area contributed by atoms with Crippen LogP contribution in [0.2, 0.25) is 5.02 Å². The summed E-state index contributed by atoms with van der Waals surface area (Å²) in [5.41, 5.74) is 0.212. The summed E-state index contributed by atoms with van der Waals surface area (Å²) in [6.45, 7) is 7.53. The van der Waals surface area contributed by atoms with Crippen molar-refractivity contribution in [1.82, 2.24) is 20.0 Å². The zero-order valence-electron chi connectivity index (χ0n) is 17.9. The van der Waals surface area contributed by atoms with Crippen LogP contribution in [0.15, 0.2) is 23.4 Å². The molecule has 1 unspecified atom stereocenters. The lowest BCUT2D eigenvalue weighted by atomic mass is 9.80. The number of benzene rings is 1. The standard InChI is InChI=1S/C19H26ClFN6O3S2/c1-11-12(6-19(2,3)9-22-8-17(28)26-11)7-23-15-5-14(21)16(4-13(15)20)32(29,30)27-18-24-10-25-31-18/h4-5,10-12,22-23H,6-9H2,1-3H3,(H,26,28)(H,24,25,27)/t11-,12?/m1/s1. The van der Waals surface area contributed by atoms with Gasteiger partial charge in [0.15, 0.2) is 0 Å². The molecule has 32 heavy (non-hydrogen) atoms. The summed E-state index contributed by atoms with van der Waals surface area (Å²) in [6, 6.07) is 2.00. The predicted molar refractivity (Wildman–Crippen MR) is 123 cm³/mol. The first-order chi connectivity index (χ1) is 15.0. The van der Waals surface area contributed by atoms with Crippen molar-refractivity contribution in [3.05, 3.63) is 29.3 Å². The average molecular weight is 505 g/mol. The van der Waals surface area contributed by atoms with E-state index in [-0.39, 0.29) is 45.7 Å². The largest absolute Gasteiger partial charge is 0.383 e. The second-order valence-electron chi connectivity index (χ2n) is 8.58. The van der Waals surface area contributed by atoms with E-state index in [1.165, 1.54) is 6.33 Å². The van der Waals surface area contributed by atoms with Crippen LogP contribution >= 0.6 is 23.1 Å². The van der Waals surface area contributed by atoms with Crippen LogP contribution in [-0.4, -0.2) is 49.4 Å². The molecular weight excluding hydrogens is 479 g/mol. The molecule has 0 aliphatic carbocycles. The Hall–Kier alpha value is -2.02. The monoisotopic (exact) mass is 504 g/mol. The SMILES string of the molecule is C[C@H]1NC(=O)CNCC(C)(C)CC1CNc1cc(F)c(S(=O)(=O)Nc2ncns2)cc1Cl. The number of nitrogens with one attached hydrogen (secondary N) is 4. The van der Waals surface area contributed by atoms with Crippen molar-refractivity contribution in [1.29, 1.82) is 0 Å². The third-order valence-electron chi connectivity index (χ3n) is 5.25. The molecule has 1 aliphatic heterocycles. The second-order valence-corrected chi connectivity index (χ2v) is 11.4. The van der Waals surface area contributed by atoms with E-state index >= 15 is 0 Å². The number of anilines is 2. The molecular formula is C19H26ClFN6O3S2. The molecule has 0 spiro atoms. The lowest BCUT2D eigenvalue weighted by Gasteiger charge is -2.32. The lowest BCUT2D eigenvalue weighted by Crippen LogP contribution is -2.43. The molecule has 9 nitrogen and oxygen atoms in total. The normalized spacial score (nSPS) is 21.7. The molecule has 1 aromatic carbocycles. The Morgan fingerprint density at radius 1 is 1.38 bits per heavy atom. The quantitative estimate of drug-likeness (QED) is 0.476. The van der Waals surface area contributed by atoms with Crippen LogP contribution in [0.25, 0.3) is 0 Å². The molecule has 1 aliphatic rings. The van der Waals surface area contributed by atoms with Crippen molar-refractivity contribution in [2.45, 2.75) is 38.1 Å². The number of hydrogen-bond donors (Lipinski definition) is 4. The van der Waals surface area contributed by atoms with Crippen molar-refractivity contribution >= 4 is 49.9 Å². The second kappa shape index (κ2) is 9.86. The van der Waals surface area contributed by atoms with Crippen LogP contribution in [0, 0.1) is 17.2 Å². The maximum absolute atomic E-state index is 14.7. The smallest absolute Gasteiger partial charge is 0.266 e. The number of carbonyl (C=O) groups excluding carboxylic acids is 1. The zero-order chi connectivity index (χ0) is 23.5. The van der Waals surface area contributed by atoms with Gasteiger partial charge in [0.25, 0.3) is 10.0 Å². The van der Waals surface area contributed by atoms with Gasteiger partial charge in [-0.3, -0.25) is 9.52 Å². The summed E-state index contributed by atoms with van der Waals surface area (Å²) in [4.78, 5) is 15.2. The summed E-state index contributed by atoms with van der Waals surface area (Å²) >= 11 is 7.11. The van der Waals surface area contributed by atoms with Crippen molar-refractivity contribution in [2.75, 3.05) is 29.7 Å². The van der Waals surface area contributed by atoms with Crippen molar-refractivity contribution < 1.29 is 17.6 Å². The Bertz CT molecular complexity index is 1070. The van der Waals surface area contributed by atoms with Gasteiger partial charge in [-0.25, -0.2) is 17.8 Å². The minimum Gasteiger partial charge on any atom is -0.383 e. The fourth-order valence-electron chi connectivity index (χ4n) is 3.64. The van der Waals surface area contributed by atoms with E-state index in [0.29, 0.717) is 13.1 Å². The maximum atomic E-state index is 14.7. The first-order valence-electron chi connectivity index (χ1n) is 9.99. The van der Waals surface area contributed by atoms with Gasteiger partial charge in [0.1, 0.15) is 17.0 Å². The summed E-state index contributed by atoms with van der Waals surface area (Å²) in [5.74, 6) is -0.994. The molecule has 2 heterocycles. The maximum Gasteiger partial charge on any atom is 0.266 e. The molecule has 0 saturated carbocycles. The summed E-state index contributed by atoms with van der Waals surface area (Å²) in [7, 11) is -4.22. The van der Waals surface area contributed by atoms with E-state index in [4.69, 9.17) is 11.6 Å². The number of halogens is 2. The van der Waals surface area contributed by atoms with E-state index in [0.717, 1.165) is 30.1 Å². The van der Waals surface area contributed by atoms with Gasteiger partial charge < -0.3 is 16.0 Å². The van der Waals surface area contributed by atoms with E-state index < -0.39 is 20.7 Å². The van der Waals surface area contributed by atoms with Crippen LogP contribution in [-0.2, 0) is 14.8 Å². The van der Waals surface area contributed by atoms with Crippen molar-refractivity contribution in [3.63, 3.8) is 0 Å². The molecule has 4 N–H and O–H groups in total. The van der Waals surface area contributed by atoms with E-state index in [1.54, 1.807) is 0 Å². The number of hydrogen-bond acceptors (Lipinski definition) is 8. The van der Waals surface area contributed by atoms with Gasteiger partial charge in [-0.15, -0.1) is 0 Å². The Balaban J connectivity index is 1.77.